The zero-order chi connectivity index (χ0) is 11.4. The highest BCUT2D eigenvalue weighted by molar-refractivity contribution is 5.69. The zero-order valence-electron chi connectivity index (χ0n) is 9.87. The number of ether oxygens (including phenoxy) is 1. The van der Waals surface area contributed by atoms with Gasteiger partial charge in [-0.2, -0.15) is 5.10 Å². The van der Waals surface area contributed by atoms with E-state index in [1.807, 2.05) is 34.6 Å². The third-order valence-electron chi connectivity index (χ3n) is 1.20. The van der Waals surface area contributed by atoms with Gasteiger partial charge in [-0.05, 0) is 26.7 Å². The third kappa shape index (κ3) is 6.46. The van der Waals surface area contributed by atoms with Crippen LogP contribution in [0.5, 0.6) is 0 Å². The maximum Gasteiger partial charge on any atom is 0.430 e. The van der Waals surface area contributed by atoms with Crippen LogP contribution < -0.4 is 0 Å². The molecule has 0 aliphatic heterocycles. The van der Waals surface area contributed by atoms with Crippen LogP contribution in [0.15, 0.2) is 5.10 Å². The van der Waals surface area contributed by atoms with E-state index in [4.69, 9.17) is 4.74 Å². The van der Waals surface area contributed by atoms with Crippen molar-refractivity contribution in [2.45, 2.75) is 40.2 Å². The summed E-state index contributed by atoms with van der Waals surface area (Å²) in [6, 6.07) is 0. The lowest BCUT2D eigenvalue weighted by Gasteiger charge is -2.22. The highest BCUT2D eigenvalue weighted by Crippen LogP contribution is 2.08. The number of rotatable bonds is 2. The van der Waals surface area contributed by atoms with Gasteiger partial charge in [-0.25, -0.2) is 9.80 Å². The van der Waals surface area contributed by atoms with Crippen LogP contribution in [0.1, 0.15) is 34.6 Å². The second-order valence-corrected chi connectivity index (χ2v) is 4.51. The summed E-state index contributed by atoms with van der Waals surface area (Å²) in [6.07, 6.45) is 1.26. The summed E-state index contributed by atoms with van der Waals surface area (Å²) >= 11 is 0. The summed E-state index contributed by atoms with van der Waals surface area (Å²) < 4.78 is 5.11. The molecule has 0 aromatic heterocycles. The summed E-state index contributed by atoms with van der Waals surface area (Å²) in [6.45, 7) is 9.46. The summed E-state index contributed by atoms with van der Waals surface area (Å²) in [5, 5.41) is 5.14. The predicted molar refractivity (Wildman–Crippen MR) is 57.3 cm³/mol. The van der Waals surface area contributed by atoms with Crippen molar-refractivity contribution >= 4 is 12.3 Å². The number of hydrogen-bond acceptors (Lipinski definition) is 3. The fraction of sp³-hybridized carbons (Fsp3) is 0.800. The Bertz CT molecular complexity index is 217. The summed E-state index contributed by atoms with van der Waals surface area (Å²) in [7, 11) is 1.58. The second-order valence-electron chi connectivity index (χ2n) is 4.51. The Morgan fingerprint density at radius 3 is 2.29 bits per heavy atom. The second kappa shape index (κ2) is 4.98. The minimum Gasteiger partial charge on any atom is -0.442 e. The van der Waals surface area contributed by atoms with Crippen LogP contribution in [0.3, 0.4) is 0 Å². The van der Waals surface area contributed by atoms with Crippen molar-refractivity contribution in [1.29, 1.82) is 0 Å². The van der Waals surface area contributed by atoms with Crippen LogP contribution in [-0.4, -0.2) is 30.0 Å². The molecule has 4 heteroatoms. The molecular formula is C10H20N2O2. The topological polar surface area (TPSA) is 41.9 Å². The number of hydrazone groups is 1. The molecule has 0 aliphatic carbocycles. The molecule has 0 aliphatic rings. The third-order valence-corrected chi connectivity index (χ3v) is 1.20. The first-order valence-electron chi connectivity index (χ1n) is 4.73. The molecular weight excluding hydrogens is 180 g/mol. The lowest BCUT2D eigenvalue weighted by atomic mass is 10.2. The average molecular weight is 200 g/mol. The molecule has 0 bridgehead atoms. The van der Waals surface area contributed by atoms with Gasteiger partial charge in [0.2, 0.25) is 0 Å². The molecule has 0 saturated heterocycles. The fourth-order valence-electron chi connectivity index (χ4n) is 0.608. The molecule has 0 atom stereocenters. The smallest absolute Gasteiger partial charge is 0.430 e. The van der Waals surface area contributed by atoms with Gasteiger partial charge < -0.3 is 4.74 Å². The highest BCUT2D eigenvalue weighted by Gasteiger charge is 2.18. The first kappa shape index (κ1) is 12.9. The first-order valence-corrected chi connectivity index (χ1v) is 4.73. The Balaban J connectivity index is 4.14. The fourth-order valence-corrected chi connectivity index (χ4v) is 0.608. The molecule has 0 aromatic carbocycles. The van der Waals surface area contributed by atoms with E-state index < -0.39 is 11.7 Å². The molecule has 0 fully saturated rings. The van der Waals surface area contributed by atoms with Crippen molar-refractivity contribution in [3.05, 3.63) is 0 Å². The van der Waals surface area contributed by atoms with Gasteiger partial charge in [0.05, 0.1) is 0 Å². The predicted octanol–water partition coefficient (Wildman–Crippen LogP) is 2.50. The van der Waals surface area contributed by atoms with E-state index in [-0.39, 0.29) is 0 Å². The molecule has 14 heavy (non-hydrogen) atoms. The minimum atomic E-state index is -0.474. The van der Waals surface area contributed by atoms with Gasteiger partial charge in [0.1, 0.15) is 5.60 Å². The molecule has 0 unspecified atom stereocenters. The Hall–Kier alpha value is -1.06. The van der Waals surface area contributed by atoms with Crippen LogP contribution in [0.2, 0.25) is 0 Å². The molecule has 82 valence electrons. The molecule has 0 spiro atoms. The van der Waals surface area contributed by atoms with Crippen molar-refractivity contribution in [2.75, 3.05) is 7.05 Å². The highest BCUT2D eigenvalue weighted by atomic mass is 16.6. The van der Waals surface area contributed by atoms with Gasteiger partial charge in [0.15, 0.2) is 0 Å². The van der Waals surface area contributed by atoms with Crippen molar-refractivity contribution in [3.8, 4) is 0 Å². The molecule has 1 amide bonds. The number of nitrogens with zero attached hydrogens (tertiary/aromatic N) is 2. The molecule has 0 N–H and O–H groups in total. The molecule has 0 radical (unpaired) electrons. The van der Waals surface area contributed by atoms with E-state index in [9.17, 15) is 4.79 Å². The van der Waals surface area contributed by atoms with Crippen LogP contribution in [0.25, 0.3) is 0 Å². The normalized spacial score (nSPS) is 12.2. The number of carbonyl (C=O) groups is 1. The summed E-state index contributed by atoms with van der Waals surface area (Å²) in [4.78, 5) is 11.4. The quantitative estimate of drug-likeness (QED) is 0.507. The van der Waals surface area contributed by atoms with E-state index in [1.165, 1.54) is 5.01 Å². The van der Waals surface area contributed by atoms with Crippen molar-refractivity contribution in [1.82, 2.24) is 5.01 Å². The maximum absolute atomic E-state index is 11.4. The van der Waals surface area contributed by atoms with Gasteiger partial charge >= 0.3 is 6.09 Å². The van der Waals surface area contributed by atoms with E-state index in [0.29, 0.717) is 5.92 Å². The van der Waals surface area contributed by atoms with E-state index in [1.54, 1.807) is 13.3 Å². The molecule has 0 saturated carbocycles. The Morgan fingerprint density at radius 2 is 1.93 bits per heavy atom. The Morgan fingerprint density at radius 1 is 1.43 bits per heavy atom. The summed E-state index contributed by atoms with van der Waals surface area (Å²) in [5.74, 6) is 0.319. The first-order chi connectivity index (χ1) is 6.22. The minimum absolute atomic E-state index is 0.319. The van der Waals surface area contributed by atoms with E-state index in [2.05, 4.69) is 5.10 Å². The average Bonchev–Trinajstić information content (AvgIpc) is 1.96. The van der Waals surface area contributed by atoms with E-state index in [0.717, 1.165) is 0 Å². The summed E-state index contributed by atoms with van der Waals surface area (Å²) in [5.41, 5.74) is -0.474. The lowest BCUT2D eigenvalue weighted by molar-refractivity contribution is 0.0303. The Kier molecular flexibility index (Phi) is 4.60. The number of amides is 1. The molecule has 4 nitrogen and oxygen atoms in total. The van der Waals surface area contributed by atoms with Gasteiger partial charge in [-0.3, -0.25) is 0 Å². The van der Waals surface area contributed by atoms with Crippen molar-refractivity contribution in [3.63, 3.8) is 0 Å². The monoisotopic (exact) mass is 200 g/mol. The van der Waals surface area contributed by atoms with Crippen molar-refractivity contribution in [2.24, 2.45) is 11.0 Å². The Labute approximate surface area is 85.9 Å². The lowest BCUT2D eigenvalue weighted by Crippen LogP contribution is -2.31. The zero-order valence-corrected chi connectivity index (χ0v) is 9.87. The van der Waals surface area contributed by atoms with Crippen LogP contribution >= 0.6 is 0 Å². The number of carbonyl (C=O) groups excluding carboxylic acids is 1. The van der Waals surface area contributed by atoms with E-state index >= 15 is 0 Å². The molecule has 0 heterocycles. The van der Waals surface area contributed by atoms with Gasteiger partial charge in [-0.1, -0.05) is 13.8 Å². The number of hydrogen-bond donors (Lipinski definition) is 0. The maximum atomic E-state index is 11.4. The standard InChI is InChI=1S/C10H20N2O2/c1-8(2)7-11-12(6)9(13)14-10(3,4)5/h7-8H,1-6H3/b11-7+. The molecule has 0 aromatic rings. The van der Waals surface area contributed by atoms with Crippen molar-refractivity contribution < 1.29 is 9.53 Å². The van der Waals surface area contributed by atoms with Gasteiger partial charge in [-0.15, -0.1) is 0 Å². The molecule has 0 rings (SSSR count). The SMILES string of the molecule is CC(C)/C=N/N(C)C(=O)OC(C)(C)C. The van der Waals surface area contributed by atoms with Crippen LogP contribution in [-0.2, 0) is 4.74 Å². The van der Waals surface area contributed by atoms with Crippen LogP contribution in [0, 0.1) is 5.92 Å². The van der Waals surface area contributed by atoms with Gasteiger partial charge in [0.25, 0.3) is 0 Å². The largest absolute Gasteiger partial charge is 0.442 e. The van der Waals surface area contributed by atoms with Crippen LogP contribution in [0.4, 0.5) is 4.79 Å². The van der Waals surface area contributed by atoms with Gasteiger partial charge in [0, 0.05) is 13.3 Å².